The minimum atomic E-state index is -0.527. The zero-order valence-electron chi connectivity index (χ0n) is 13.1. The van der Waals surface area contributed by atoms with Crippen LogP contribution in [0.4, 0.5) is 28.8 Å². The van der Waals surface area contributed by atoms with Crippen molar-refractivity contribution in [1.29, 1.82) is 0 Å². The van der Waals surface area contributed by atoms with Crippen LogP contribution in [-0.2, 0) is 0 Å². The van der Waals surface area contributed by atoms with Crippen molar-refractivity contribution < 1.29 is 4.92 Å². The molecule has 0 unspecified atom stereocenters. The van der Waals surface area contributed by atoms with Gasteiger partial charge in [0.05, 0.1) is 4.92 Å². The molecular formula is C16H13BrN6O2. The van der Waals surface area contributed by atoms with E-state index in [0.29, 0.717) is 11.5 Å². The molecule has 0 saturated heterocycles. The summed E-state index contributed by atoms with van der Waals surface area (Å²) in [6, 6.07) is 10.9. The SMILES string of the molecule is Cc1cccnc1Nc1ncnc(Nc2cccc(Br)c2)c1[N+](=O)[O-]. The van der Waals surface area contributed by atoms with E-state index in [1.807, 2.05) is 25.1 Å². The first-order chi connectivity index (χ1) is 12.0. The van der Waals surface area contributed by atoms with Gasteiger partial charge < -0.3 is 10.6 Å². The van der Waals surface area contributed by atoms with Crippen molar-refractivity contribution in [3.8, 4) is 0 Å². The van der Waals surface area contributed by atoms with Gasteiger partial charge in [-0.05, 0) is 36.8 Å². The van der Waals surface area contributed by atoms with E-state index in [0.717, 1.165) is 10.0 Å². The van der Waals surface area contributed by atoms with Gasteiger partial charge in [-0.15, -0.1) is 0 Å². The average Bonchev–Trinajstić information content (AvgIpc) is 2.57. The van der Waals surface area contributed by atoms with Crippen LogP contribution in [0.1, 0.15) is 5.56 Å². The largest absolute Gasteiger partial charge is 0.353 e. The molecule has 0 aliphatic heterocycles. The Labute approximate surface area is 151 Å². The molecule has 9 heteroatoms. The lowest BCUT2D eigenvalue weighted by Crippen LogP contribution is -2.06. The molecule has 0 aliphatic carbocycles. The van der Waals surface area contributed by atoms with Gasteiger partial charge in [-0.25, -0.2) is 15.0 Å². The number of nitrogens with one attached hydrogen (secondary N) is 2. The Morgan fingerprint density at radius 2 is 1.80 bits per heavy atom. The molecule has 0 amide bonds. The zero-order valence-corrected chi connectivity index (χ0v) is 14.7. The van der Waals surface area contributed by atoms with Crippen LogP contribution in [-0.4, -0.2) is 19.9 Å². The molecule has 0 radical (unpaired) electrons. The number of rotatable bonds is 5. The summed E-state index contributed by atoms with van der Waals surface area (Å²) >= 11 is 3.36. The number of nitro groups is 1. The molecule has 0 spiro atoms. The van der Waals surface area contributed by atoms with Crippen molar-refractivity contribution in [2.45, 2.75) is 6.92 Å². The molecule has 126 valence electrons. The molecule has 25 heavy (non-hydrogen) atoms. The minimum absolute atomic E-state index is 0.0688. The van der Waals surface area contributed by atoms with E-state index < -0.39 is 4.92 Å². The van der Waals surface area contributed by atoms with E-state index in [-0.39, 0.29) is 17.3 Å². The smallest absolute Gasteiger partial charge is 0.334 e. The zero-order chi connectivity index (χ0) is 17.8. The number of hydrogen-bond donors (Lipinski definition) is 2. The predicted octanol–water partition coefficient (Wildman–Crippen LogP) is 4.34. The number of aromatic nitrogens is 3. The number of hydrogen-bond acceptors (Lipinski definition) is 7. The van der Waals surface area contributed by atoms with Crippen LogP contribution >= 0.6 is 15.9 Å². The summed E-state index contributed by atoms with van der Waals surface area (Å²) in [7, 11) is 0. The molecule has 2 aromatic heterocycles. The number of nitrogens with zero attached hydrogens (tertiary/aromatic N) is 4. The maximum Gasteiger partial charge on any atom is 0.353 e. The van der Waals surface area contributed by atoms with Crippen LogP contribution in [0.5, 0.6) is 0 Å². The fraction of sp³-hybridized carbons (Fsp3) is 0.0625. The summed E-state index contributed by atoms with van der Waals surface area (Å²) in [4.78, 5) is 23.3. The minimum Gasteiger partial charge on any atom is -0.334 e. The first-order valence-electron chi connectivity index (χ1n) is 7.25. The molecule has 2 N–H and O–H groups in total. The third kappa shape index (κ3) is 3.89. The second kappa shape index (κ2) is 7.22. The van der Waals surface area contributed by atoms with Gasteiger partial charge >= 0.3 is 5.69 Å². The van der Waals surface area contributed by atoms with Gasteiger partial charge in [-0.1, -0.05) is 28.1 Å². The highest BCUT2D eigenvalue weighted by atomic mass is 79.9. The van der Waals surface area contributed by atoms with Crippen molar-refractivity contribution in [2.24, 2.45) is 0 Å². The van der Waals surface area contributed by atoms with Crippen LogP contribution in [0.15, 0.2) is 53.4 Å². The van der Waals surface area contributed by atoms with Crippen LogP contribution in [0.3, 0.4) is 0 Å². The number of halogens is 1. The average molecular weight is 401 g/mol. The number of pyridine rings is 1. The number of anilines is 4. The topological polar surface area (TPSA) is 106 Å². The van der Waals surface area contributed by atoms with E-state index in [2.05, 4.69) is 41.5 Å². The molecular weight excluding hydrogens is 388 g/mol. The third-order valence-corrected chi connectivity index (χ3v) is 3.83. The fourth-order valence-electron chi connectivity index (χ4n) is 2.17. The molecule has 1 aromatic carbocycles. The molecule has 0 bridgehead atoms. The molecule has 0 aliphatic rings. The van der Waals surface area contributed by atoms with Crippen molar-refractivity contribution in [1.82, 2.24) is 15.0 Å². The highest BCUT2D eigenvalue weighted by Crippen LogP contribution is 2.33. The molecule has 2 heterocycles. The Balaban J connectivity index is 2.00. The predicted molar refractivity (Wildman–Crippen MR) is 98.4 cm³/mol. The fourth-order valence-corrected chi connectivity index (χ4v) is 2.57. The Kier molecular flexibility index (Phi) is 4.85. The molecule has 3 rings (SSSR count). The maximum absolute atomic E-state index is 11.6. The van der Waals surface area contributed by atoms with E-state index in [9.17, 15) is 10.1 Å². The van der Waals surface area contributed by atoms with Crippen LogP contribution in [0, 0.1) is 17.0 Å². The van der Waals surface area contributed by atoms with Gasteiger partial charge in [0.15, 0.2) is 0 Å². The summed E-state index contributed by atoms with van der Waals surface area (Å²) in [5, 5.41) is 17.4. The highest BCUT2D eigenvalue weighted by Gasteiger charge is 2.24. The van der Waals surface area contributed by atoms with E-state index in [4.69, 9.17) is 0 Å². The second-order valence-electron chi connectivity index (χ2n) is 5.11. The van der Waals surface area contributed by atoms with Crippen LogP contribution in [0.25, 0.3) is 0 Å². The van der Waals surface area contributed by atoms with Gasteiger partial charge in [0.25, 0.3) is 0 Å². The van der Waals surface area contributed by atoms with E-state index in [1.165, 1.54) is 6.33 Å². The van der Waals surface area contributed by atoms with Crippen LogP contribution < -0.4 is 10.6 Å². The van der Waals surface area contributed by atoms with Gasteiger partial charge in [0.2, 0.25) is 11.6 Å². The maximum atomic E-state index is 11.6. The molecule has 8 nitrogen and oxygen atoms in total. The normalized spacial score (nSPS) is 10.3. The van der Waals surface area contributed by atoms with Crippen molar-refractivity contribution >= 4 is 44.8 Å². The Hall–Kier alpha value is -3.07. The van der Waals surface area contributed by atoms with E-state index >= 15 is 0 Å². The lowest BCUT2D eigenvalue weighted by molar-refractivity contribution is -0.383. The number of aryl methyl sites for hydroxylation is 1. The second-order valence-corrected chi connectivity index (χ2v) is 6.02. The summed E-state index contributed by atoms with van der Waals surface area (Å²) in [5.74, 6) is 0.659. The molecule has 0 saturated carbocycles. The first-order valence-corrected chi connectivity index (χ1v) is 8.04. The molecule has 0 fully saturated rings. The molecule has 0 atom stereocenters. The lowest BCUT2D eigenvalue weighted by Gasteiger charge is -2.11. The van der Waals surface area contributed by atoms with Gasteiger partial charge in [0.1, 0.15) is 12.1 Å². The summed E-state index contributed by atoms with van der Waals surface area (Å²) in [6.45, 7) is 1.85. The monoisotopic (exact) mass is 400 g/mol. The van der Waals surface area contributed by atoms with Gasteiger partial charge in [-0.3, -0.25) is 10.1 Å². The van der Waals surface area contributed by atoms with Gasteiger partial charge in [0, 0.05) is 16.4 Å². The summed E-state index contributed by atoms with van der Waals surface area (Å²) in [6.07, 6.45) is 2.86. The summed E-state index contributed by atoms with van der Waals surface area (Å²) in [5.41, 5.74) is 1.25. The van der Waals surface area contributed by atoms with Crippen molar-refractivity contribution in [3.63, 3.8) is 0 Å². The number of benzene rings is 1. The Morgan fingerprint density at radius 1 is 1.04 bits per heavy atom. The standard InChI is InChI=1S/C16H13BrN6O2/c1-10-4-3-7-18-14(10)22-16-13(23(24)25)15(19-9-20-16)21-12-6-2-5-11(17)8-12/h2-9H,1H3,(H2,18,19,20,21,22). The van der Waals surface area contributed by atoms with Crippen molar-refractivity contribution in [3.05, 3.63) is 69.1 Å². The van der Waals surface area contributed by atoms with Crippen molar-refractivity contribution in [2.75, 3.05) is 10.6 Å². The van der Waals surface area contributed by atoms with Crippen LogP contribution in [0.2, 0.25) is 0 Å². The van der Waals surface area contributed by atoms with Gasteiger partial charge in [-0.2, -0.15) is 0 Å². The summed E-state index contributed by atoms with van der Waals surface area (Å²) < 4.78 is 0.844. The first kappa shape index (κ1) is 16.8. The Morgan fingerprint density at radius 3 is 2.48 bits per heavy atom. The van der Waals surface area contributed by atoms with E-state index in [1.54, 1.807) is 24.4 Å². The quantitative estimate of drug-likeness (QED) is 0.484. The highest BCUT2D eigenvalue weighted by molar-refractivity contribution is 9.10. The molecule has 3 aromatic rings. The Bertz CT molecular complexity index is 934. The lowest BCUT2D eigenvalue weighted by atomic mass is 10.3. The third-order valence-electron chi connectivity index (χ3n) is 3.34.